The van der Waals surface area contributed by atoms with Crippen LogP contribution in [0.5, 0.6) is 5.75 Å². The van der Waals surface area contributed by atoms with Gasteiger partial charge in [0.2, 0.25) is 0 Å². The van der Waals surface area contributed by atoms with Crippen LogP contribution >= 0.6 is 0 Å². The maximum atomic E-state index is 11.0. The zero-order valence-electron chi connectivity index (χ0n) is 12.5. The van der Waals surface area contributed by atoms with Crippen molar-refractivity contribution in [3.63, 3.8) is 0 Å². The van der Waals surface area contributed by atoms with Gasteiger partial charge in [-0.25, -0.2) is 0 Å². The molecular formula is C15H22N2O4. The fourth-order valence-corrected chi connectivity index (χ4v) is 2.60. The van der Waals surface area contributed by atoms with Crippen LogP contribution in [-0.4, -0.2) is 28.3 Å². The zero-order chi connectivity index (χ0) is 15.5. The molecule has 0 aliphatic heterocycles. The van der Waals surface area contributed by atoms with Crippen molar-refractivity contribution in [1.82, 2.24) is 0 Å². The minimum absolute atomic E-state index is 0.0474. The lowest BCUT2D eigenvalue weighted by molar-refractivity contribution is -0.386. The highest BCUT2D eigenvalue weighted by atomic mass is 16.6. The van der Waals surface area contributed by atoms with Crippen molar-refractivity contribution in [2.45, 2.75) is 51.2 Å². The summed E-state index contributed by atoms with van der Waals surface area (Å²) in [6.07, 6.45) is 3.53. The predicted molar refractivity (Wildman–Crippen MR) is 80.8 cm³/mol. The number of nitrogens with zero attached hydrogens (tertiary/aromatic N) is 1. The van der Waals surface area contributed by atoms with Gasteiger partial charge in [0.15, 0.2) is 5.75 Å². The molecule has 0 atom stereocenters. The molecule has 1 aliphatic rings. The number of anilines is 1. The van der Waals surface area contributed by atoms with Crippen LogP contribution in [0.2, 0.25) is 0 Å². The second kappa shape index (κ2) is 6.30. The van der Waals surface area contributed by atoms with Crippen LogP contribution in [0.4, 0.5) is 11.4 Å². The molecule has 1 aliphatic carbocycles. The fourth-order valence-electron chi connectivity index (χ4n) is 2.60. The predicted octanol–water partition coefficient (Wildman–Crippen LogP) is 3.10. The molecule has 2 rings (SSSR count). The van der Waals surface area contributed by atoms with Crippen molar-refractivity contribution in [2.75, 3.05) is 11.9 Å². The summed E-state index contributed by atoms with van der Waals surface area (Å²) in [5.74, 6) is 0.249. The van der Waals surface area contributed by atoms with E-state index in [1.807, 2.05) is 13.8 Å². The van der Waals surface area contributed by atoms with Gasteiger partial charge in [-0.1, -0.05) is 12.8 Å². The van der Waals surface area contributed by atoms with E-state index < -0.39 is 10.5 Å². The van der Waals surface area contributed by atoms with Crippen molar-refractivity contribution in [3.05, 3.63) is 28.3 Å². The third-order valence-electron chi connectivity index (χ3n) is 3.68. The largest absolute Gasteiger partial charge is 0.484 e. The second-order valence-corrected chi connectivity index (χ2v) is 5.89. The van der Waals surface area contributed by atoms with Crippen LogP contribution < -0.4 is 10.1 Å². The van der Waals surface area contributed by atoms with E-state index in [9.17, 15) is 15.2 Å². The van der Waals surface area contributed by atoms with E-state index in [-0.39, 0.29) is 17.5 Å². The Hall–Kier alpha value is -1.82. The highest BCUT2D eigenvalue weighted by Gasteiger charge is 2.30. The van der Waals surface area contributed by atoms with E-state index in [0.29, 0.717) is 6.54 Å². The summed E-state index contributed by atoms with van der Waals surface area (Å²) in [4.78, 5) is 10.5. The highest BCUT2D eigenvalue weighted by Crippen LogP contribution is 2.33. The number of nitro benzene ring substituents is 1. The molecule has 0 spiro atoms. The van der Waals surface area contributed by atoms with Crippen LogP contribution in [0.25, 0.3) is 0 Å². The van der Waals surface area contributed by atoms with Crippen molar-refractivity contribution in [3.8, 4) is 5.75 Å². The molecule has 1 aromatic carbocycles. The molecule has 0 unspecified atom stereocenters. The molecule has 0 heterocycles. The second-order valence-electron chi connectivity index (χ2n) is 5.89. The molecule has 1 aromatic rings. The van der Waals surface area contributed by atoms with E-state index in [0.717, 1.165) is 31.4 Å². The van der Waals surface area contributed by atoms with E-state index in [1.54, 1.807) is 12.1 Å². The fraction of sp³-hybridized carbons (Fsp3) is 0.600. The van der Waals surface area contributed by atoms with E-state index >= 15 is 0 Å². The van der Waals surface area contributed by atoms with Gasteiger partial charge >= 0.3 is 5.69 Å². The van der Waals surface area contributed by atoms with Crippen molar-refractivity contribution < 1.29 is 14.8 Å². The third kappa shape index (κ3) is 4.07. The van der Waals surface area contributed by atoms with Crippen molar-refractivity contribution in [2.24, 2.45) is 0 Å². The summed E-state index contributed by atoms with van der Waals surface area (Å²) in [6.45, 7) is 4.10. The number of nitrogens with one attached hydrogen (secondary N) is 1. The van der Waals surface area contributed by atoms with E-state index in [1.165, 1.54) is 6.07 Å². The minimum atomic E-state index is -0.666. The molecular weight excluding hydrogens is 272 g/mol. The van der Waals surface area contributed by atoms with Gasteiger partial charge in [-0.15, -0.1) is 0 Å². The van der Waals surface area contributed by atoms with Gasteiger partial charge in [0.05, 0.1) is 16.6 Å². The molecule has 0 bridgehead atoms. The van der Waals surface area contributed by atoms with E-state index in [2.05, 4.69) is 5.32 Å². The quantitative estimate of drug-likeness (QED) is 0.622. The third-order valence-corrected chi connectivity index (χ3v) is 3.68. The lowest BCUT2D eigenvalue weighted by Gasteiger charge is -2.23. The Kier molecular flexibility index (Phi) is 4.67. The van der Waals surface area contributed by atoms with Gasteiger partial charge in [0.25, 0.3) is 0 Å². The van der Waals surface area contributed by atoms with Crippen molar-refractivity contribution in [1.29, 1.82) is 0 Å². The summed E-state index contributed by atoms with van der Waals surface area (Å²) in [7, 11) is 0. The summed E-state index contributed by atoms with van der Waals surface area (Å²) in [5, 5.41) is 24.5. The van der Waals surface area contributed by atoms with Gasteiger partial charge in [-0.3, -0.25) is 10.1 Å². The zero-order valence-corrected chi connectivity index (χ0v) is 12.5. The Balaban J connectivity index is 2.11. The Bertz CT molecular complexity index is 510. The molecule has 6 nitrogen and oxygen atoms in total. The average molecular weight is 294 g/mol. The molecule has 0 saturated heterocycles. The molecule has 116 valence electrons. The standard InChI is InChI=1S/C15H22N2O4/c1-11(2)21-14-9-12(5-6-13(14)17(19)20)16-10-15(18)7-3-4-8-15/h5-6,9,11,16,18H,3-4,7-8,10H2,1-2H3. The lowest BCUT2D eigenvalue weighted by Crippen LogP contribution is -2.33. The Morgan fingerprint density at radius 2 is 2.10 bits per heavy atom. The Morgan fingerprint density at radius 1 is 1.43 bits per heavy atom. The van der Waals surface area contributed by atoms with Gasteiger partial charge in [0.1, 0.15) is 0 Å². The summed E-state index contributed by atoms with van der Waals surface area (Å²) in [6, 6.07) is 4.69. The first-order valence-corrected chi connectivity index (χ1v) is 7.31. The summed E-state index contributed by atoms with van der Waals surface area (Å²) in [5.41, 5.74) is 0.00584. The van der Waals surface area contributed by atoms with Crippen LogP contribution in [0.1, 0.15) is 39.5 Å². The van der Waals surface area contributed by atoms with Gasteiger partial charge in [-0.05, 0) is 32.8 Å². The monoisotopic (exact) mass is 294 g/mol. The number of benzene rings is 1. The normalized spacial score (nSPS) is 17.0. The maximum absolute atomic E-state index is 11.0. The SMILES string of the molecule is CC(C)Oc1cc(NCC2(O)CCCC2)ccc1[N+](=O)[O-]. The Labute approximate surface area is 124 Å². The first-order chi connectivity index (χ1) is 9.89. The smallest absolute Gasteiger partial charge is 0.311 e. The molecule has 0 radical (unpaired) electrons. The van der Waals surface area contributed by atoms with Crippen LogP contribution in [-0.2, 0) is 0 Å². The van der Waals surface area contributed by atoms with E-state index in [4.69, 9.17) is 4.74 Å². The topological polar surface area (TPSA) is 84.6 Å². The number of hydrogen-bond donors (Lipinski definition) is 2. The van der Waals surface area contributed by atoms with Crippen LogP contribution in [0.3, 0.4) is 0 Å². The number of ether oxygens (including phenoxy) is 1. The van der Waals surface area contributed by atoms with Gasteiger partial charge in [-0.2, -0.15) is 0 Å². The van der Waals surface area contributed by atoms with Crippen molar-refractivity contribution >= 4 is 11.4 Å². The molecule has 0 aromatic heterocycles. The molecule has 6 heteroatoms. The Morgan fingerprint density at radius 3 is 2.67 bits per heavy atom. The summed E-state index contributed by atoms with van der Waals surface area (Å²) >= 11 is 0. The lowest BCUT2D eigenvalue weighted by atomic mass is 10.0. The van der Waals surface area contributed by atoms with Crippen LogP contribution in [0, 0.1) is 10.1 Å². The average Bonchev–Trinajstić information content (AvgIpc) is 2.83. The minimum Gasteiger partial charge on any atom is -0.484 e. The maximum Gasteiger partial charge on any atom is 0.311 e. The van der Waals surface area contributed by atoms with Crippen LogP contribution in [0.15, 0.2) is 18.2 Å². The number of nitro groups is 1. The molecule has 1 saturated carbocycles. The summed E-state index contributed by atoms with van der Waals surface area (Å²) < 4.78 is 5.50. The first kappa shape index (κ1) is 15.6. The number of rotatable bonds is 6. The number of hydrogen-bond acceptors (Lipinski definition) is 5. The highest BCUT2D eigenvalue weighted by molar-refractivity contribution is 5.58. The molecule has 0 amide bonds. The molecule has 21 heavy (non-hydrogen) atoms. The first-order valence-electron chi connectivity index (χ1n) is 7.31. The van der Waals surface area contributed by atoms with Gasteiger partial charge in [0, 0.05) is 24.4 Å². The van der Waals surface area contributed by atoms with Gasteiger partial charge < -0.3 is 15.2 Å². The molecule has 1 fully saturated rings. The molecule has 2 N–H and O–H groups in total. The number of aliphatic hydroxyl groups is 1.